The molecular formula is C37H34N4O5S2. The fraction of sp³-hybridized carbons (Fsp3) is 0.189. The number of anilines is 2. The molecule has 9 nitrogen and oxygen atoms in total. The average molecular weight is 679 g/mol. The number of H-pyrrole nitrogens is 1. The van der Waals surface area contributed by atoms with Crippen molar-refractivity contribution in [2.24, 2.45) is 0 Å². The number of aryl methyl sites for hydroxylation is 1. The lowest BCUT2D eigenvalue weighted by atomic mass is 9.95. The lowest BCUT2D eigenvalue weighted by molar-refractivity contribution is -0.115. The van der Waals surface area contributed by atoms with Gasteiger partial charge in [0.2, 0.25) is 5.91 Å². The molecule has 0 saturated carbocycles. The zero-order valence-electron chi connectivity index (χ0n) is 26.4. The number of amides is 3. The normalized spacial score (nSPS) is 13.3. The SMILES string of the molecule is COC(=O)c1c(NC(=O)[C@@H](C)Sc2ccc(NC(=O)/C(=C\c3c[nH]c4ccccc34)NC(=O)c3ccccc3)cc2)sc2c1CCCC2. The van der Waals surface area contributed by atoms with Crippen LogP contribution in [0.4, 0.5) is 10.7 Å². The van der Waals surface area contributed by atoms with Crippen LogP contribution in [-0.4, -0.2) is 41.0 Å². The van der Waals surface area contributed by atoms with E-state index < -0.39 is 23.0 Å². The predicted molar refractivity (Wildman–Crippen MR) is 192 cm³/mol. The maximum Gasteiger partial charge on any atom is 0.341 e. The van der Waals surface area contributed by atoms with Crippen LogP contribution in [0.25, 0.3) is 17.0 Å². The molecule has 2 heterocycles. The fourth-order valence-corrected chi connectivity index (χ4v) is 7.72. The molecule has 0 fully saturated rings. The molecule has 11 heteroatoms. The maximum absolute atomic E-state index is 13.5. The van der Waals surface area contributed by atoms with Crippen LogP contribution < -0.4 is 16.0 Å². The Labute approximate surface area is 286 Å². The zero-order valence-corrected chi connectivity index (χ0v) is 28.1. The molecule has 3 aromatic carbocycles. The summed E-state index contributed by atoms with van der Waals surface area (Å²) in [6.45, 7) is 1.80. The lowest BCUT2D eigenvalue weighted by Gasteiger charge is -2.14. The highest BCUT2D eigenvalue weighted by molar-refractivity contribution is 8.00. The maximum atomic E-state index is 13.5. The number of aromatic amines is 1. The monoisotopic (exact) mass is 678 g/mol. The van der Waals surface area contributed by atoms with E-state index in [4.69, 9.17) is 4.74 Å². The van der Waals surface area contributed by atoms with Crippen LogP contribution in [0.1, 0.15) is 56.5 Å². The van der Waals surface area contributed by atoms with Crippen molar-refractivity contribution in [3.05, 3.63) is 118 Å². The van der Waals surface area contributed by atoms with Gasteiger partial charge in [0.05, 0.1) is 17.9 Å². The van der Waals surface area contributed by atoms with Gasteiger partial charge in [0.1, 0.15) is 10.7 Å². The highest BCUT2D eigenvalue weighted by atomic mass is 32.2. The van der Waals surface area contributed by atoms with Gasteiger partial charge in [0.25, 0.3) is 11.8 Å². The van der Waals surface area contributed by atoms with E-state index in [-0.39, 0.29) is 11.6 Å². The summed E-state index contributed by atoms with van der Waals surface area (Å²) in [6, 6.07) is 23.5. The van der Waals surface area contributed by atoms with Gasteiger partial charge in [0, 0.05) is 43.7 Å². The van der Waals surface area contributed by atoms with Crippen molar-refractivity contribution < 1.29 is 23.9 Å². The van der Waals surface area contributed by atoms with E-state index in [0.717, 1.165) is 57.5 Å². The fourth-order valence-electron chi connectivity index (χ4n) is 5.57. The standard InChI is InChI=1S/C37H34N4O5S2/c1-22(33(42)41-36-32(37(45)46-2)28-13-7-9-15-31(28)48-36)47-26-18-16-25(17-19-26)39-35(44)30(40-34(43)23-10-4-3-5-11-23)20-24-21-38-29-14-8-6-12-27(24)29/h3-6,8,10-12,14,16-22,38H,7,9,13,15H2,1-2H3,(H,39,44)(H,40,43)(H,41,42)/b30-20+/t22-/m1/s1. The molecule has 0 bridgehead atoms. The summed E-state index contributed by atoms with van der Waals surface area (Å²) in [5, 5.41) is 9.61. The van der Waals surface area contributed by atoms with Crippen LogP contribution in [0.3, 0.4) is 0 Å². The number of thioether (sulfide) groups is 1. The Balaban J connectivity index is 1.14. The lowest BCUT2D eigenvalue weighted by Crippen LogP contribution is -2.30. The first-order chi connectivity index (χ1) is 23.3. The molecule has 6 rings (SSSR count). The van der Waals surface area contributed by atoms with Gasteiger partial charge in [-0.2, -0.15) is 0 Å². The van der Waals surface area contributed by atoms with Gasteiger partial charge in [-0.1, -0.05) is 36.4 Å². The van der Waals surface area contributed by atoms with E-state index >= 15 is 0 Å². The summed E-state index contributed by atoms with van der Waals surface area (Å²) < 4.78 is 5.03. The van der Waals surface area contributed by atoms with Crippen LogP contribution in [-0.2, 0) is 27.2 Å². The van der Waals surface area contributed by atoms with Gasteiger partial charge in [-0.05, 0) is 86.7 Å². The number of methoxy groups -OCH3 is 1. The quantitative estimate of drug-likeness (QED) is 0.0691. The van der Waals surface area contributed by atoms with Crippen molar-refractivity contribution in [2.45, 2.75) is 42.8 Å². The van der Waals surface area contributed by atoms with E-state index in [2.05, 4.69) is 20.9 Å². The van der Waals surface area contributed by atoms with E-state index in [1.807, 2.05) is 42.5 Å². The predicted octanol–water partition coefficient (Wildman–Crippen LogP) is 7.42. The Bertz CT molecular complexity index is 2010. The first-order valence-corrected chi connectivity index (χ1v) is 17.3. The van der Waals surface area contributed by atoms with Crippen molar-refractivity contribution in [2.75, 3.05) is 17.7 Å². The summed E-state index contributed by atoms with van der Waals surface area (Å²) in [5.74, 6) is -1.54. The summed E-state index contributed by atoms with van der Waals surface area (Å²) in [5.41, 5.74) is 4.16. The van der Waals surface area contributed by atoms with Crippen LogP contribution in [0.15, 0.2) is 95.7 Å². The Hall–Kier alpha value is -5.13. The molecule has 244 valence electrons. The van der Waals surface area contributed by atoms with Crippen molar-refractivity contribution in [3.63, 3.8) is 0 Å². The number of ether oxygens (including phenoxy) is 1. The highest BCUT2D eigenvalue weighted by Crippen LogP contribution is 2.39. The Kier molecular flexibility index (Phi) is 10.1. The number of carbonyl (C=O) groups is 4. The van der Waals surface area contributed by atoms with Crippen LogP contribution in [0.2, 0.25) is 0 Å². The zero-order chi connectivity index (χ0) is 33.6. The largest absolute Gasteiger partial charge is 0.465 e. The third-order valence-corrected chi connectivity index (χ3v) is 10.4. The Morgan fingerprint density at radius 2 is 1.65 bits per heavy atom. The number of carbonyl (C=O) groups excluding carboxylic acids is 4. The van der Waals surface area contributed by atoms with Gasteiger partial charge in [-0.15, -0.1) is 23.1 Å². The van der Waals surface area contributed by atoms with Crippen molar-refractivity contribution in [1.82, 2.24) is 10.3 Å². The third kappa shape index (κ3) is 7.37. The highest BCUT2D eigenvalue weighted by Gasteiger charge is 2.28. The molecule has 0 saturated heterocycles. The Morgan fingerprint density at radius 1 is 0.917 bits per heavy atom. The number of rotatable bonds is 10. The molecule has 4 N–H and O–H groups in total. The molecule has 0 unspecified atom stereocenters. The van der Waals surface area contributed by atoms with Gasteiger partial charge in [-0.25, -0.2) is 4.79 Å². The van der Waals surface area contributed by atoms with E-state index in [9.17, 15) is 19.2 Å². The number of para-hydroxylation sites is 1. The number of aromatic nitrogens is 1. The van der Waals surface area contributed by atoms with E-state index in [1.54, 1.807) is 55.6 Å². The van der Waals surface area contributed by atoms with Gasteiger partial charge >= 0.3 is 5.97 Å². The molecule has 0 radical (unpaired) electrons. The van der Waals surface area contributed by atoms with Gasteiger partial charge < -0.3 is 25.7 Å². The minimum absolute atomic E-state index is 0.0823. The van der Waals surface area contributed by atoms with E-state index in [1.165, 1.54) is 30.2 Å². The molecule has 3 amide bonds. The smallest absolute Gasteiger partial charge is 0.341 e. The van der Waals surface area contributed by atoms with Gasteiger partial charge in [0.15, 0.2) is 0 Å². The molecule has 1 atom stereocenters. The summed E-state index contributed by atoms with van der Waals surface area (Å²) >= 11 is 2.82. The summed E-state index contributed by atoms with van der Waals surface area (Å²) in [6.07, 6.45) is 7.21. The second kappa shape index (κ2) is 14.7. The number of esters is 1. The van der Waals surface area contributed by atoms with Gasteiger partial charge in [-0.3, -0.25) is 14.4 Å². The van der Waals surface area contributed by atoms with Crippen molar-refractivity contribution in [1.29, 1.82) is 0 Å². The molecular weight excluding hydrogens is 645 g/mol. The Morgan fingerprint density at radius 3 is 2.42 bits per heavy atom. The molecule has 1 aliphatic carbocycles. The summed E-state index contributed by atoms with van der Waals surface area (Å²) in [4.78, 5) is 57.5. The first kappa shape index (κ1) is 32.8. The van der Waals surface area contributed by atoms with Crippen molar-refractivity contribution >= 4 is 74.5 Å². The minimum Gasteiger partial charge on any atom is -0.465 e. The molecule has 48 heavy (non-hydrogen) atoms. The molecule has 2 aromatic heterocycles. The number of benzene rings is 3. The second-order valence-electron chi connectivity index (χ2n) is 11.3. The van der Waals surface area contributed by atoms with Crippen molar-refractivity contribution in [3.8, 4) is 0 Å². The topological polar surface area (TPSA) is 129 Å². The molecule has 0 aliphatic heterocycles. The summed E-state index contributed by atoms with van der Waals surface area (Å²) in [7, 11) is 1.35. The molecule has 0 spiro atoms. The minimum atomic E-state index is -0.488. The van der Waals surface area contributed by atoms with Crippen LogP contribution in [0, 0.1) is 0 Å². The number of nitrogens with one attached hydrogen (secondary N) is 4. The number of fused-ring (bicyclic) bond motifs is 2. The molecule has 1 aliphatic rings. The average Bonchev–Trinajstić information content (AvgIpc) is 3.69. The van der Waals surface area contributed by atoms with Crippen LogP contribution in [0.5, 0.6) is 0 Å². The molecule has 5 aromatic rings. The number of hydrogen-bond donors (Lipinski definition) is 4. The van der Waals surface area contributed by atoms with E-state index in [0.29, 0.717) is 21.8 Å². The third-order valence-electron chi connectivity index (χ3n) is 8.04. The number of thiophene rings is 1. The van der Waals surface area contributed by atoms with Crippen LogP contribution >= 0.6 is 23.1 Å². The number of hydrogen-bond acceptors (Lipinski definition) is 7. The first-order valence-electron chi connectivity index (χ1n) is 15.6. The second-order valence-corrected chi connectivity index (χ2v) is 13.8.